The number of hydrogen-bond acceptors (Lipinski definition) is 0. The minimum atomic E-state index is 0.633. The van der Waals surface area contributed by atoms with Crippen molar-refractivity contribution < 1.29 is 0 Å². The number of aryl methyl sites for hydroxylation is 2. The largest absolute Gasteiger partial charge is 0.0648 e. The van der Waals surface area contributed by atoms with Crippen LogP contribution in [0.3, 0.4) is 0 Å². The maximum atomic E-state index is 2.47. The number of fused-ring (bicyclic) bond motifs is 1. The lowest BCUT2D eigenvalue weighted by atomic mass is 9.89. The van der Waals surface area contributed by atoms with Gasteiger partial charge in [-0.15, -0.1) is 0 Å². The summed E-state index contributed by atoms with van der Waals surface area (Å²) in [5.41, 5.74) is 12.5. The second-order valence-corrected chi connectivity index (χ2v) is 7.99. The Morgan fingerprint density at radius 2 is 1.26 bits per heavy atom. The van der Waals surface area contributed by atoms with E-state index in [1.807, 2.05) is 0 Å². The van der Waals surface area contributed by atoms with Gasteiger partial charge in [0, 0.05) is 0 Å². The molecule has 136 valence electrons. The molecular formula is C27H28. The van der Waals surface area contributed by atoms with Crippen molar-refractivity contribution in [3.8, 4) is 22.3 Å². The van der Waals surface area contributed by atoms with Crippen LogP contribution in [0, 0.1) is 19.8 Å². The molecular weight excluding hydrogens is 324 g/mol. The minimum Gasteiger partial charge on any atom is -0.0648 e. The number of hydrogen-bond donors (Lipinski definition) is 0. The van der Waals surface area contributed by atoms with Gasteiger partial charge in [-0.05, 0) is 66.0 Å². The standard InChI is InChI=1S/C27H28/c1-5-20(4)23-16-26-24(21-10-6-18(2)7-11-21)14-15-25(27(26)17-23)22-12-8-19(3)9-13-22/h6-16,20H,5,17H2,1-4H3. The molecule has 0 fully saturated rings. The second-order valence-electron chi connectivity index (χ2n) is 7.99. The van der Waals surface area contributed by atoms with Gasteiger partial charge in [-0.3, -0.25) is 0 Å². The van der Waals surface area contributed by atoms with Gasteiger partial charge in [-0.25, -0.2) is 0 Å². The van der Waals surface area contributed by atoms with Crippen LogP contribution in [-0.2, 0) is 6.42 Å². The van der Waals surface area contributed by atoms with Crippen molar-refractivity contribution in [2.24, 2.45) is 5.92 Å². The lowest BCUT2D eigenvalue weighted by Gasteiger charge is -2.15. The number of rotatable bonds is 4. The van der Waals surface area contributed by atoms with Gasteiger partial charge >= 0.3 is 0 Å². The number of allylic oxidation sites excluding steroid dienone is 1. The molecule has 4 rings (SSSR count). The average molecular weight is 353 g/mol. The quantitative estimate of drug-likeness (QED) is 0.453. The van der Waals surface area contributed by atoms with E-state index in [4.69, 9.17) is 0 Å². The summed E-state index contributed by atoms with van der Waals surface area (Å²) in [7, 11) is 0. The fourth-order valence-electron chi connectivity index (χ4n) is 4.03. The van der Waals surface area contributed by atoms with Crippen LogP contribution in [0.4, 0.5) is 0 Å². The molecule has 1 aliphatic rings. The summed E-state index contributed by atoms with van der Waals surface area (Å²) >= 11 is 0. The van der Waals surface area contributed by atoms with Crippen molar-refractivity contribution >= 4 is 6.08 Å². The highest BCUT2D eigenvalue weighted by atomic mass is 14.3. The Labute approximate surface area is 163 Å². The first kappa shape index (κ1) is 17.8. The molecule has 0 heteroatoms. The van der Waals surface area contributed by atoms with Gasteiger partial charge in [0.25, 0.3) is 0 Å². The van der Waals surface area contributed by atoms with Crippen LogP contribution in [-0.4, -0.2) is 0 Å². The van der Waals surface area contributed by atoms with Gasteiger partial charge in [-0.2, -0.15) is 0 Å². The molecule has 0 heterocycles. The highest BCUT2D eigenvalue weighted by Gasteiger charge is 2.23. The third kappa shape index (κ3) is 3.37. The highest BCUT2D eigenvalue weighted by Crippen LogP contribution is 2.42. The van der Waals surface area contributed by atoms with Crippen LogP contribution in [0.1, 0.15) is 42.5 Å². The van der Waals surface area contributed by atoms with Crippen molar-refractivity contribution in [1.29, 1.82) is 0 Å². The first-order chi connectivity index (χ1) is 13.1. The molecule has 0 saturated heterocycles. The third-order valence-corrected chi connectivity index (χ3v) is 6.04. The van der Waals surface area contributed by atoms with Crippen LogP contribution < -0.4 is 0 Å². The topological polar surface area (TPSA) is 0 Å². The maximum Gasteiger partial charge on any atom is -0.00488 e. The molecule has 1 atom stereocenters. The van der Waals surface area contributed by atoms with Crippen molar-refractivity contribution in [2.75, 3.05) is 0 Å². The zero-order valence-corrected chi connectivity index (χ0v) is 16.8. The molecule has 1 unspecified atom stereocenters. The summed E-state index contributed by atoms with van der Waals surface area (Å²) in [6, 6.07) is 22.5. The van der Waals surface area contributed by atoms with Crippen LogP contribution in [0.2, 0.25) is 0 Å². The summed E-state index contributed by atoms with van der Waals surface area (Å²) in [5, 5.41) is 0. The SMILES string of the molecule is CCC(C)C1=Cc2c(-c3ccc(C)cc3)ccc(-c3ccc(C)cc3)c2C1. The van der Waals surface area contributed by atoms with E-state index >= 15 is 0 Å². The molecule has 0 nitrogen and oxygen atoms in total. The highest BCUT2D eigenvalue weighted by molar-refractivity contribution is 5.87. The smallest absolute Gasteiger partial charge is 0.00488 e. The molecule has 0 saturated carbocycles. The zero-order valence-electron chi connectivity index (χ0n) is 16.8. The van der Waals surface area contributed by atoms with E-state index in [2.05, 4.69) is 94.4 Å². The first-order valence-corrected chi connectivity index (χ1v) is 10.1. The summed E-state index contributed by atoms with van der Waals surface area (Å²) in [6.45, 7) is 8.94. The van der Waals surface area contributed by atoms with E-state index in [0.29, 0.717) is 5.92 Å². The molecule has 0 spiro atoms. The Kier molecular flexibility index (Phi) is 4.74. The van der Waals surface area contributed by atoms with Crippen LogP contribution in [0.25, 0.3) is 28.3 Å². The summed E-state index contributed by atoms with van der Waals surface area (Å²) in [6.07, 6.45) is 4.74. The van der Waals surface area contributed by atoms with Gasteiger partial charge in [0.15, 0.2) is 0 Å². The van der Waals surface area contributed by atoms with E-state index in [0.717, 1.165) is 6.42 Å². The fraction of sp³-hybridized carbons (Fsp3) is 0.259. The van der Waals surface area contributed by atoms with Gasteiger partial charge in [-0.1, -0.05) is 97.3 Å². The predicted octanol–water partition coefficient (Wildman–Crippen LogP) is 7.62. The van der Waals surface area contributed by atoms with E-state index in [9.17, 15) is 0 Å². The van der Waals surface area contributed by atoms with Crippen molar-refractivity contribution in [3.63, 3.8) is 0 Å². The normalized spacial score (nSPS) is 14.0. The summed E-state index contributed by atoms with van der Waals surface area (Å²) in [4.78, 5) is 0. The second kappa shape index (κ2) is 7.19. The van der Waals surface area contributed by atoms with Crippen molar-refractivity contribution in [1.82, 2.24) is 0 Å². The average Bonchev–Trinajstić information content (AvgIpc) is 3.13. The van der Waals surface area contributed by atoms with Gasteiger partial charge in [0.05, 0.1) is 0 Å². The Morgan fingerprint density at radius 1 is 0.741 bits per heavy atom. The Morgan fingerprint density at radius 3 is 1.81 bits per heavy atom. The Balaban J connectivity index is 1.87. The molecule has 0 N–H and O–H groups in total. The van der Waals surface area contributed by atoms with Crippen molar-refractivity contribution in [2.45, 2.75) is 40.5 Å². The molecule has 27 heavy (non-hydrogen) atoms. The molecule has 0 bridgehead atoms. The molecule has 3 aromatic rings. The summed E-state index contributed by atoms with van der Waals surface area (Å²) in [5.74, 6) is 0.633. The molecule has 3 aromatic carbocycles. The van der Waals surface area contributed by atoms with Crippen LogP contribution >= 0.6 is 0 Å². The molecule has 0 radical (unpaired) electrons. The lowest BCUT2D eigenvalue weighted by Crippen LogP contribution is -1.98. The first-order valence-electron chi connectivity index (χ1n) is 10.1. The van der Waals surface area contributed by atoms with Crippen LogP contribution in [0.15, 0.2) is 66.2 Å². The maximum absolute atomic E-state index is 2.47. The minimum absolute atomic E-state index is 0.633. The van der Waals surface area contributed by atoms with E-state index < -0.39 is 0 Å². The lowest BCUT2D eigenvalue weighted by molar-refractivity contribution is 0.647. The molecule has 1 aliphatic carbocycles. The predicted molar refractivity (Wildman–Crippen MR) is 118 cm³/mol. The molecule has 0 aromatic heterocycles. The zero-order chi connectivity index (χ0) is 19.0. The van der Waals surface area contributed by atoms with E-state index in [1.165, 1.54) is 50.9 Å². The van der Waals surface area contributed by atoms with Crippen molar-refractivity contribution in [3.05, 3.63) is 88.5 Å². The Hall–Kier alpha value is -2.60. The molecule has 0 amide bonds. The van der Waals surface area contributed by atoms with Crippen LogP contribution in [0.5, 0.6) is 0 Å². The number of benzene rings is 3. The Bertz CT molecular complexity index is 985. The monoisotopic (exact) mass is 352 g/mol. The molecule has 0 aliphatic heterocycles. The fourth-order valence-corrected chi connectivity index (χ4v) is 4.03. The summed E-state index contributed by atoms with van der Waals surface area (Å²) < 4.78 is 0. The van der Waals surface area contributed by atoms with E-state index in [1.54, 1.807) is 5.57 Å². The van der Waals surface area contributed by atoms with Gasteiger partial charge < -0.3 is 0 Å². The van der Waals surface area contributed by atoms with Gasteiger partial charge in [0.1, 0.15) is 0 Å². The van der Waals surface area contributed by atoms with E-state index in [-0.39, 0.29) is 0 Å². The van der Waals surface area contributed by atoms with Gasteiger partial charge in [0.2, 0.25) is 0 Å². The third-order valence-electron chi connectivity index (χ3n) is 6.04.